The number of nitrogens with zero attached hydrogens (tertiary/aromatic N) is 2. The number of piperidine rings is 1. The third-order valence-corrected chi connectivity index (χ3v) is 7.05. The number of carbonyl (C=O) groups is 2. The molecule has 0 unspecified atom stereocenters. The summed E-state index contributed by atoms with van der Waals surface area (Å²) < 4.78 is 4.94. The number of nitrogens with one attached hydrogen (secondary N) is 2. The highest BCUT2D eigenvalue weighted by molar-refractivity contribution is 5.82. The molecule has 208 valence electrons. The lowest BCUT2D eigenvalue weighted by Crippen LogP contribution is -2.57. The highest BCUT2D eigenvalue weighted by Crippen LogP contribution is 2.38. The van der Waals surface area contributed by atoms with E-state index < -0.39 is 6.03 Å². The van der Waals surface area contributed by atoms with Crippen LogP contribution in [0.1, 0.15) is 77.7 Å². The van der Waals surface area contributed by atoms with Crippen molar-refractivity contribution in [3.63, 3.8) is 0 Å². The lowest BCUT2D eigenvalue weighted by atomic mass is 9.72. The minimum Gasteiger partial charge on any atom is -0.381 e. The van der Waals surface area contributed by atoms with Crippen molar-refractivity contribution in [3.8, 4) is 0 Å². The summed E-state index contributed by atoms with van der Waals surface area (Å²) in [6.45, 7) is 12.2. The van der Waals surface area contributed by atoms with Crippen LogP contribution < -0.4 is 10.6 Å². The fraction of sp³-hybridized carbons (Fsp3) is 0.724. The zero-order valence-corrected chi connectivity index (χ0v) is 23.3. The molecule has 1 saturated carbocycles. The lowest BCUT2D eigenvalue weighted by Gasteiger charge is -2.46. The number of likely N-dealkylation sites (tertiary alicyclic amines) is 1. The van der Waals surface area contributed by atoms with Gasteiger partial charge in [-0.25, -0.2) is 4.79 Å². The zero-order valence-electron chi connectivity index (χ0n) is 23.3. The topological polar surface area (TPSA) is 100 Å². The molecular formula is C29H48N4O4. The number of aryl methyl sites for hydroxylation is 1. The van der Waals surface area contributed by atoms with E-state index in [4.69, 9.17) is 4.74 Å². The van der Waals surface area contributed by atoms with Gasteiger partial charge in [0.2, 0.25) is 5.91 Å². The third-order valence-electron chi connectivity index (χ3n) is 7.05. The molecule has 8 nitrogen and oxygen atoms in total. The molecule has 1 aromatic carbocycles. The normalized spacial score (nSPS) is 23.3. The molecular weight excluding hydrogens is 468 g/mol. The predicted molar refractivity (Wildman–Crippen MR) is 148 cm³/mol. The number of urea groups is 1. The largest absolute Gasteiger partial charge is 0.381 e. The van der Waals surface area contributed by atoms with Crippen molar-refractivity contribution in [2.45, 2.75) is 90.6 Å². The summed E-state index contributed by atoms with van der Waals surface area (Å²) in [6.07, 6.45) is 9.24. The van der Waals surface area contributed by atoms with Gasteiger partial charge in [0.25, 0.3) is 0 Å². The van der Waals surface area contributed by atoms with Crippen LogP contribution in [0.2, 0.25) is 0 Å². The highest BCUT2D eigenvalue weighted by Gasteiger charge is 2.40. The van der Waals surface area contributed by atoms with E-state index in [0.29, 0.717) is 24.8 Å². The monoisotopic (exact) mass is 516 g/mol. The maximum atomic E-state index is 12.8. The zero-order chi connectivity index (χ0) is 27.1. The molecule has 37 heavy (non-hydrogen) atoms. The fourth-order valence-electron chi connectivity index (χ4n) is 5.23. The second kappa shape index (κ2) is 16.5. The van der Waals surface area contributed by atoms with Gasteiger partial charge in [0.05, 0.1) is 6.04 Å². The number of amides is 3. The molecule has 3 fully saturated rings. The Kier molecular flexibility index (Phi) is 13.8. The number of ether oxygens (including phenoxy) is 1. The van der Waals surface area contributed by atoms with Gasteiger partial charge in [-0.1, -0.05) is 55.2 Å². The first kappa shape index (κ1) is 30.9. The first-order chi connectivity index (χ1) is 17.7. The van der Waals surface area contributed by atoms with Gasteiger partial charge >= 0.3 is 6.03 Å². The minimum absolute atomic E-state index is 0.0986. The Labute approximate surface area is 223 Å². The summed E-state index contributed by atoms with van der Waals surface area (Å²) in [5, 5.41) is 7.92. The molecule has 3 aliphatic rings. The number of hydrogen-bond acceptors (Lipinski definition) is 5. The first-order valence-corrected chi connectivity index (χ1v) is 14.0. The molecule has 0 spiro atoms. The van der Waals surface area contributed by atoms with Gasteiger partial charge < -0.3 is 15.4 Å². The number of rotatable bonds is 5. The van der Waals surface area contributed by atoms with E-state index in [-0.39, 0.29) is 17.5 Å². The summed E-state index contributed by atoms with van der Waals surface area (Å²) in [5.74, 6) is 1.44. The van der Waals surface area contributed by atoms with Gasteiger partial charge in [-0.2, -0.15) is 0 Å². The Balaban J connectivity index is 0.000000324. The van der Waals surface area contributed by atoms with Crippen molar-refractivity contribution < 1.29 is 14.3 Å². The fourth-order valence-corrected chi connectivity index (χ4v) is 5.23. The van der Waals surface area contributed by atoms with E-state index in [1.54, 1.807) is 0 Å². The van der Waals surface area contributed by atoms with Gasteiger partial charge in [-0.15, -0.1) is 4.91 Å². The second-order valence-corrected chi connectivity index (χ2v) is 11.4. The molecule has 2 N–H and O–H groups in total. The molecule has 8 heteroatoms. The summed E-state index contributed by atoms with van der Waals surface area (Å²) in [7, 11) is 0. The van der Waals surface area contributed by atoms with Crippen molar-refractivity contribution in [2.24, 2.45) is 17.0 Å². The van der Waals surface area contributed by atoms with E-state index in [1.807, 2.05) is 39.0 Å². The van der Waals surface area contributed by atoms with Gasteiger partial charge in [0.1, 0.15) is 0 Å². The number of benzene rings is 1. The molecule has 0 bridgehead atoms. The summed E-state index contributed by atoms with van der Waals surface area (Å²) in [5.41, 5.74) is 1.08. The molecule has 1 aromatic rings. The molecule has 3 amide bonds. The number of carbonyl (C=O) groups excluding carboxylic acids is 2. The lowest BCUT2D eigenvalue weighted by molar-refractivity contribution is -0.131. The van der Waals surface area contributed by atoms with Crippen molar-refractivity contribution >= 4 is 11.9 Å². The quantitative estimate of drug-likeness (QED) is 0.401. The smallest absolute Gasteiger partial charge is 0.378 e. The number of fused-ring (bicyclic) bond motifs is 1. The minimum atomic E-state index is -0.826. The van der Waals surface area contributed by atoms with Crippen LogP contribution in [0.3, 0.4) is 0 Å². The number of nitroso groups, excluding NO2 is 1. The molecule has 2 aliphatic heterocycles. The summed E-state index contributed by atoms with van der Waals surface area (Å²) in [6, 6.07) is 9.34. The predicted octanol–water partition coefficient (Wildman–Crippen LogP) is 5.44. The highest BCUT2D eigenvalue weighted by atomic mass is 16.5. The maximum absolute atomic E-state index is 12.8. The van der Waals surface area contributed by atoms with Crippen LogP contribution in [0, 0.1) is 23.7 Å². The van der Waals surface area contributed by atoms with Gasteiger partial charge in [-0.3, -0.25) is 9.69 Å². The molecule has 2 saturated heterocycles. The van der Waals surface area contributed by atoms with Crippen molar-refractivity contribution in [1.29, 1.82) is 0 Å². The Morgan fingerprint density at radius 1 is 1.03 bits per heavy atom. The van der Waals surface area contributed by atoms with Gasteiger partial charge in [-0.05, 0) is 71.6 Å². The van der Waals surface area contributed by atoms with Crippen LogP contribution >= 0.6 is 0 Å². The van der Waals surface area contributed by atoms with Crippen LogP contribution in [0.25, 0.3) is 0 Å². The van der Waals surface area contributed by atoms with Crippen molar-refractivity contribution in [3.05, 3.63) is 40.8 Å². The summed E-state index contributed by atoms with van der Waals surface area (Å²) in [4.78, 5) is 36.1. The maximum Gasteiger partial charge on any atom is 0.378 e. The molecule has 2 heterocycles. The molecule has 3 atom stereocenters. The third kappa shape index (κ3) is 12.7. The average Bonchev–Trinajstić information content (AvgIpc) is 3.46. The Morgan fingerprint density at radius 2 is 1.68 bits per heavy atom. The molecule has 0 aromatic heterocycles. The average molecular weight is 517 g/mol. The van der Waals surface area contributed by atoms with Crippen molar-refractivity contribution in [2.75, 3.05) is 32.8 Å². The first-order valence-electron chi connectivity index (χ1n) is 14.0. The Morgan fingerprint density at radius 3 is 2.19 bits per heavy atom. The summed E-state index contributed by atoms with van der Waals surface area (Å²) >= 11 is 0. The Bertz CT molecular complexity index is 800. The second-order valence-electron chi connectivity index (χ2n) is 11.4. The van der Waals surface area contributed by atoms with Gasteiger partial charge in [0.15, 0.2) is 0 Å². The van der Waals surface area contributed by atoms with Crippen LogP contribution in [0.4, 0.5) is 4.79 Å². The number of hydrogen-bond donors (Lipinski definition) is 2. The standard InChI is InChI=1S/C18H32N4O3.C7H8.C4H8O/c1-18(2,3)20-16(23)15-11-13-7-4-5-8-14(13)12-22(15)10-6-9-19-17(24)21-25;1-7-5-3-2-4-6-7;1-2-4-5-3-1/h13-15H,4-12H2,1-3H3,(H,19,24)(H,20,23);2-6H,1H3;1-4H2/t13-,14+,15-;;/m0../s1. The van der Waals surface area contributed by atoms with Crippen LogP contribution in [-0.2, 0) is 9.53 Å². The Hall–Kier alpha value is -2.32. The molecule has 1 aliphatic carbocycles. The van der Waals surface area contributed by atoms with Crippen LogP contribution in [0.15, 0.2) is 35.5 Å². The molecule has 4 rings (SSSR count). The van der Waals surface area contributed by atoms with E-state index in [0.717, 1.165) is 32.7 Å². The van der Waals surface area contributed by atoms with E-state index in [1.165, 1.54) is 44.1 Å². The molecule has 0 radical (unpaired) electrons. The SMILES string of the molecule is C1CCOC1.CC(C)(C)NC(=O)[C@@H]1C[C@@H]2CCCC[C@@H]2CN1CCCNC(=O)N=O.Cc1ccccc1. The van der Waals surface area contributed by atoms with E-state index >= 15 is 0 Å². The van der Waals surface area contributed by atoms with Crippen molar-refractivity contribution in [1.82, 2.24) is 15.5 Å². The van der Waals surface area contributed by atoms with Gasteiger partial charge in [0, 0.05) is 43.6 Å². The van der Waals surface area contributed by atoms with Crippen LogP contribution in [-0.4, -0.2) is 61.3 Å². The van der Waals surface area contributed by atoms with E-state index in [9.17, 15) is 14.5 Å². The van der Waals surface area contributed by atoms with Crippen LogP contribution in [0.5, 0.6) is 0 Å². The van der Waals surface area contributed by atoms with E-state index in [2.05, 4.69) is 39.8 Å².